The van der Waals surface area contributed by atoms with Gasteiger partial charge in [-0.05, 0) is 36.4 Å². The van der Waals surface area contributed by atoms with Crippen molar-refractivity contribution in [2.24, 2.45) is 0 Å². The third-order valence-corrected chi connectivity index (χ3v) is 2.65. The zero-order valence-electron chi connectivity index (χ0n) is 10.4. The molecular formula is C14H13N3O2. The maximum absolute atomic E-state index is 11.3. The standard InChI is InChI=1S/C14H13N3O2/c1-19-14(18)13-7-6-12(17-13)9-16-11-4-2-10(8-15)3-5-11/h2-7,16-17H,9H2,1H3. The first-order chi connectivity index (χ1) is 9.22. The Hall–Kier alpha value is -2.74. The van der Waals surface area contributed by atoms with Crippen LogP contribution in [-0.4, -0.2) is 18.1 Å². The van der Waals surface area contributed by atoms with Gasteiger partial charge in [-0.25, -0.2) is 4.79 Å². The molecule has 2 N–H and O–H groups in total. The van der Waals surface area contributed by atoms with Crippen molar-refractivity contribution in [3.63, 3.8) is 0 Å². The number of hydrogen-bond acceptors (Lipinski definition) is 4. The molecule has 2 rings (SSSR count). The maximum Gasteiger partial charge on any atom is 0.354 e. The number of esters is 1. The summed E-state index contributed by atoms with van der Waals surface area (Å²) in [7, 11) is 1.35. The highest BCUT2D eigenvalue weighted by atomic mass is 16.5. The van der Waals surface area contributed by atoms with E-state index in [9.17, 15) is 4.79 Å². The number of aromatic nitrogens is 1. The van der Waals surface area contributed by atoms with Crippen LogP contribution in [-0.2, 0) is 11.3 Å². The monoisotopic (exact) mass is 255 g/mol. The SMILES string of the molecule is COC(=O)c1ccc(CNc2ccc(C#N)cc2)[nH]1. The second-order valence-electron chi connectivity index (χ2n) is 3.93. The van der Waals surface area contributed by atoms with E-state index in [-0.39, 0.29) is 5.97 Å². The van der Waals surface area contributed by atoms with Gasteiger partial charge in [-0.2, -0.15) is 5.26 Å². The van der Waals surface area contributed by atoms with E-state index in [0.29, 0.717) is 17.8 Å². The van der Waals surface area contributed by atoms with Crippen LogP contribution in [0.25, 0.3) is 0 Å². The quantitative estimate of drug-likeness (QED) is 0.821. The summed E-state index contributed by atoms with van der Waals surface area (Å²) in [6, 6.07) is 12.7. The fourth-order valence-electron chi connectivity index (χ4n) is 1.63. The second-order valence-corrected chi connectivity index (χ2v) is 3.93. The molecule has 0 fully saturated rings. The van der Waals surface area contributed by atoms with Crippen LogP contribution in [0.1, 0.15) is 21.7 Å². The fourth-order valence-corrected chi connectivity index (χ4v) is 1.63. The molecule has 19 heavy (non-hydrogen) atoms. The van der Waals surface area contributed by atoms with Crippen molar-refractivity contribution < 1.29 is 9.53 Å². The van der Waals surface area contributed by atoms with Gasteiger partial charge in [-0.3, -0.25) is 0 Å². The van der Waals surface area contributed by atoms with Gasteiger partial charge in [-0.15, -0.1) is 0 Å². The number of hydrogen-bond donors (Lipinski definition) is 2. The lowest BCUT2D eigenvalue weighted by Crippen LogP contribution is -2.03. The summed E-state index contributed by atoms with van der Waals surface area (Å²) in [5.74, 6) is -0.385. The van der Waals surface area contributed by atoms with Crippen LogP contribution in [0.2, 0.25) is 0 Å². The van der Waals surface area contributed by atoms with E-state index in [2.05, 4.69) is 21.1 Å². The van der Waals surface area contributed by atoms with Crippen molar-refractivity contribution in [3.8, 4) is 6.07 Å². The molecular weight excluding hydrogens is 242 g/mol. The second kappa shape index (κ2) is 5.74. The van der Waals surface area contributed by atoms with Gasteiger partial charge in [0.15, 0.2) is 0 Å². The molecule has 0 spiro atoms. The van der Waals surface area contributed by atoms with Crippen molar-refractivity contribution in [1.82, 2.24) is 4.98 Å². The van der Waals surface area contributed by atoms with E-state index in [1.165, 1.54) is 7.11 Å². The minimum Gasteiger partial charge on any atom is -0.464 e. The average Bonchev–Trinajstić information content (AvgIpc) is 2.93. The number of carbonyl (C=O) groups excluding carboxylic acids is 1. The zero-order chi connectivity index (χ0) is 13.7. The Morgan fingerprint density at radius 2 is 2.05 bits per heavy atom. The molecule has 0 unspecified atom stereocenters. The minimum absolute atomic E-state index is 0.385. The fraction of sp³-hybridized carbons (Fsp3) is 0.143. The Bertz CT molecular complexity index is 608. The smallest absolute Gasteiger partial charge is 0.354 e. The molecule has 0 amide bonds. The van der Waals surface area contributed by atoms with Gasteiger partial charge < -0.3 is 15.0 Å². The number of H-pyrrole nitrogens is 1. The van der Waals surface area contributed by atoms with Gasteiger partial charge in [0.25, 0.3) is 0 Å². The molecule has 0 aliphatic carbocycles. The summed E-state index contributed by atoms with van der Waals surface area (Å²) >= 11 is 0. The Kier molecular flexibility index (Phi) is 3.84. The highest BCUT2D eigenvalue weighted by Gasteiger charge is 2.07. The van der Waals surface area contributed by atoms with E-state index < -0.39 is 0 Å². The summed E-state index contributed by atoms with van der Waals surface area (Å²) in [5.41, 5.74) is 2.84. The molecule has 5 heteroatoms. The number of nitrogens with one attached hydrogen (secondary N) is 2. The molecule has 1 aromatic carbocycles. The van der Waals surface area contributed by atoms with Gasteiger partial charge in [0, 0.05) is 11.4 Å². The highest BCUT2D eigenvalue weighted by Crippen LogP contribution is 2.11. The van der Waals surface area contributed by atoms with E-state index in [1.807, 2.05) is 18.2 Å². The molecule has 96 valence electrons. The molecule has 0 atom stereocenters. The molecule has 5 nitrogen and oxygen atoms in total. The predicted octanol–water partition coefficient (Wildman–Crippen LogP) is 2.29. The largest absolute Gasteiger partial charge is 0.464 e. The van der Waals surface area contributed by atoms with Crippen molar-refractivity contribution in [3.05, 3.63) is 53.3 Å². The molecule has 0 saturated heterocycles. The number of carbonyl (C=O) groups is 1. The summed E-state index contributed by atoms with van der Waals surface area (Å²) in [6.45, 7) is 0.558. The Labute approximate surface area is 110 Å². The molecule has 1 aromatic heterocycles. The van der Waals surface area contributed by atoms with E-state index in [1.54, 1.807) is 18.2 Å². The molecule has 0 aliphatic rings. The summed E-state index contributed by atoms with van der Waals surface area (Å²) in [5, 5.41) is 11.9. The topological polar surface area (TPSA) is 77.9 Å². The molecule has 2 aromatic rings. The number of anilines is 1. The first kappa shape index (κ1) is 12.7. The van der Waals surface area contributed by atoms with Crippen LogP contribution in [0.15, 0.2) is 36.4 Å². The minimum atomic E-state index is -0.385. The number of ether oxygens (including phenoxy) is 1. The Balaban J connectivity index is 1.96. The van der Waals surface area contributed by atoms with Gasteiger partial charge in [0.2, 0.25) is 0 Å². The average molecular weight is 255 g/mol. The lowest BCUT2D eigenvalue weighted by atomic mass is 10.2. The lowest BCUT2D eigenvalue weighted by molar-refractivity contribution is 0.0594. The van der Waals surface area contributed by atoms with Crippen LogP contribution in [0.5, 0.6) is 0 Å². The molecule has 0 aliphatic heterocycles. The molecule has 0 radical (unpaired) electrons. The van der Waals surface area contributed by atoms with Crippen LogP contribution in [0.3, 0.4) is 0 Å². The zero-order valence-corrected chi connectivity index (χ0v) is 10.4. The maximum atomic E-state index is 11.3. The van der Waals surface area contributed by atoms with Crippen molar-refractivity contribution in [2.45, 2.75) is 6.54 Å². The number of nitriles is 1. The van der Waals surface area contributed by atoms with Gasteiger partial charge in [-0.1, -0.05) is 0 Å². The van der Waals surface area contributed by atoms with Crippen LogP contribution < -0.4 is 5.32 Å². The summed E-state index contributed by atoms with van der Waals surface area (Å²) in [6.07, 6.45) is 0. The van der Waals surface area contributed by atoms with Crippen LogP contribution in [0.4, 0.5) is 5.69 Å². The van der Waals surface area contributed by atoms with Crippen molar-refractivity contribution in [2.75, 3.05) is 12.4 Å². The Morgan fingerprint density at radius 3 is 2.68 bits per heavy atom. The number of rotatable bonds is 4. The van der Waals surface area contributed by atoms with Gasteiger partial charge in [0.1, 0.15) is 5.69 Å². The van der Waals surface area contributed by atoms with E-state index in [4.69, 9.17) is 5.26 Å². The first-order valence-corrected chi connectivity index (χ1v) is 5.73. The third kappa shape index (κ3) is 3.13. The third-order valence-electron chi connectivity index (χ3n) is 2.65. The summed E-state index contributed by atoms with van der Waals surface area (Å²) in [4.78, 5) is 14.2. The number of methoxy groups -OCH3 is 1. The number of aromatic amines is 1. The van der Waals surface area contributed by atoms with Crippen molar-refractivity contribution >= 4 is 11.7 Å². The summed E-state index contributed by atoms with van der Waals surface area (Å²) < 4.78 is 4.62. The van der Waals surface area contributed by atoms with E-state index >= 15 is 0 Å². The predicted molar refractivity (Wildman–Crippen MR) is 70.6 cm³/mol. The normalized spacial score (nSPS) is 9.68. The lowest BCUT2D eigenvalue weighted by Gasteiger charge is -2.04. The molecule has 0 saturated carbocycles. The Morgan fingerprint density at radius 1 is 1.32 bits per heavy atom. The number of benzene rings is 1. The highest BCUT2D eigenvalue weighted by molar-refractivity contribution is 5.87. The molecule has 0 bridgehead atoms. The molecule has 1 heterocycles. The number of nitrogens with zero attached hydrogens (tertiary/aromatic N) is 1. The first-order valence-electron chi connectivity index (χ1n) is 5.73. The van der Waals surface area contributed by atoms with Crippen molar-refractivity contribution in [1.29, 1.82) is 5.26 Å². The van der Waals surface area contributed by atoms with Gasteiger partial charge in [0.05, 0.1) is 25.3 Å². The van der Waals surface area contributed by atoms with Gasteiger partial charge >= 0.3 is 5.97 Å². The van der Waals surface area contributed by atoms with E-state index in [0.717, 1.165) is 11.4 Å². The van der Waals surface area contributed by atoms with Crippen LogP contribution >= 0.6 is 0 Å². The van der Waals surface area contributed by atoms with Crippen LogP contribution in [0, 0.1) is 11.3 Å².